The van der Waals surface area contributed by atoms with Crippen molar-refractivity contribution < 1.29 is 18.7 Å². The van der Waals surface area contributed by atoms with Crippen molar-refractivity contribution in [3.63, 3.8) is 0 Å². The number of carbonyl (C=O) groups excluding carboxylic acids is 1. The first-order valence-corrected chi connectivity index (χ1v) is 12.9. The van der Waals surface area contributed by atoms with Crippen LogP contribution in [-0.4, -0.2) is 68.2 Å². The molecule has 1 fully saturated rings. The van der Waals surface area contributed by atoms with Crippen LogP contribution in [0.2, 0.25) is 0 Å². The van der Waals surface area contributed by atoms with E-state index in [2.05, 4.69) is 29.8 Å². The van der Waals surface area contributed by atoms with Crippen molar-refractivity contribution in [2.75, 3.05) is 47.5 Å². The molecule has 208 valence electrons. The Morgan fingerprint density at radius 2 is 1.82 bits per heavy atom. The number of hydrogen-bond donors (Lipinski definition) is 0. The van der Waals surface area contributed by atoms with Crippen molar-refractivity contribution in [2.24, 2.45) is 0 Å². The van der Waals surface area contributed by atoms with Gasteiger partial charge in [0, 0.05) is 56.1 Å². The Kier molecular flexibility index (Phi) is 8.50. The van der Waals surface area contributed by atoms with Crippen LogP contribution in [0.4, 0.5) is 0 Å². The molecule has 2 aromatic heterocycles. The lowest BCUT2D eigenvalue weighted by atomic mass is 9.86. The third kappa shape index (κ3) is 5.28. The quantitative estimate of drug-likeness (QED) is 0.297. The molecule has 8 nitrogen and oxygen atoms in total. The lowest BCUT2D eigenvalue weighted by molar-refractivity contribution is -0.0118. The SMILES string of the molecule is COc1cc(C(=O)N(C)C)ccc1-c1cc2nccc(-c3ccc(C(C)(C)N4CCOCC4)c(C#N)c3)c2o1.Cl. The van der Waals surface area contributed by atoms with Crippen LogP contribution in [-0.2, 0) is 10.3 Å². The maximum Gasteiger partial charge on any atom is 0.253 e. The fraction of sp³-hybridized carbons (Fsp3) is 0.323. The number of nitrogens with zero attached hydrogens (tertiary/aromatic N) is 4. The fourth-order valence-corrected chi connectivity index (χ4v) is 5.21. The van der Waals surface area contributed by atoms with Gasteiger partial charge < -0.3 is 18.8 Å². The van der Waals surface area contributed by atoms with E-state index in [4.69, 9.17) is 13.9 Å². The van der Waals surface area contributed by atoms with Crippen LogP contribution >= 0.6 is 12.4 Å². The van der Waals surface area contributed by atoms with Gasteiger partial charge in [-0.05, 0) is 55.3 Å². The summed E-state index contributed by atoms with van der Waals surface area (Å²) in [5.41, 5.74) is 5.58. The summed E-state index contributed by atoms with van der Waals surface area (Å²) >= 11 is 0. The van der Waals surface area contributed by atoms with Gasteiger partial charge >= 0.3 is 0 Å². The number of pyridine rings is 1. The molecule has 3 heterocycles. The van der Waals surface area contributed by atoms with E-state index in [-0.39, 0.29) is 23.9 Å². The van der Waals surface area contributed by atoms with Crippen molar-refractivity contribution in [1.82, 2.24) is 14.8 Å². The molecule has 0 spiro atoms. The summed E-state index contributed by atoms with van der Waals surface area (Å²) in [6.07, 6.45) is 1.74. The number of rotatable bonds is 6. The first-order valence-electron chi connectivity index (χ1n) is 12.9. The fourth-order valence-electron chi connectivity index (χ4n) is 5.21. The molecule has 0 N–H and O–H groups in total. The summed E-state index contributed by atoms with van der Waals surface area (Å²) in [7, 11) is 4.99. The van der Waals surface area contributed by atoms with Crippen molar-refractivity contribution in [1.29, 1.82) is 5.26 Å². The molecule has 4 aromatic rings. The van der Waals surface area contributed by atoms with Crippen LogP contribution in [0.15, 0.2) is 59.1 Å². The van der Waals surface area contributed by atoms with Gasteiger partial charge in [0.2, 0.25) is 0 Å². The molecule has 2 aromatic carbocycles. The highest BCUT2D eigenvalue weighted by Gasteiger charge is 2.32. The normalized spacial score (nSPS) is 13.9. The predicted octanol–water partition coefficient (Wildman–Crippen LogP) is 5.73. The zero-order valence-corrected chi connectivity index (χ0v) is 24.2. The first-order chi connectivity index (χ1) is 18.7. The first kappa shape index (κ1) is 29.1. The van der Waals surface area contributed by atoms with Gasteiger partial charge in [-0.25, -0.2) is 0 Å². The van der Waals surface area contributed by atoms with Gasteiger partial charge in [0.25, 0.3) is 5.91 Å². The van der Waals surface area contributed by atoms with Gasteiger partial charge in [-0.2, -0.15) is 5.26 Å². The Morgan fingerprint density at radius 1 is 1.07 bits per heavy atom. The lowest BCUT2D eigenvalue weighted by Gasteiger charge is -2.41. The maximum absolute atomic E-state index is 12.4. The van der Waals surface area contributed by atoms with Gasteiger partial charge in [-0.1, -0.05) is 12.1 Å². The Hall–Kier alpha value is -3.90. The Balaban J connectivity index is 0.00000370. The van der Waals surface area contributed by atoms with Gasteiger partial charge in [-0.3, -0.25) is 14.7 Å². The minimum absolute atomic E-state index is 0. The highest BCUT2D eigenvalue weighted by atomic mass is 35.5. The van der Waals surface area contributed by atoms with E-state index >= 15 is 0 Å². The van der Waals surface area contributed by atoms with E-state index in [1.54, 1.807) is 39.5 Å². The van der Waals surface area contributed by atoms with E-state index in [0.717, 1.165) is 35.3 Å². The molecular weight excluding hydrogens is 528 g/mol. The molecule has 1 amide bonds. The molecule has 0 atom stereocenters. The van der Waals surface area contributed by atoms with E-state index in [1.807, 2.05) is 36.4 Å². The number of aromatic nitrogens is 1. The second kappa shape index (κ2) is 11.7. The number of amides is 1. The molecule has 0 bridgehead atoms. The average Bonchev–Trinajstić information content (AvgIpc) is 3.40. The number of benzene rings is 2. The number of morpholine rings is 1. The second-order valence-corrected chi connectivity index (χ2v) is 10.3. The number of halogens is 1. The van der Waals surface area contributed by atoms with E-state index in [1.165, 1.54) is 4.90 Å². The van der Waals surface area contributed by atoms with Crippen LogP contribution in [0.1, 0.15) is 35.3 Å². The summed E-state index contributed by atoms with van der Waals surface area (Å²) in [5.74, 6) is 1.00. The zero-order valence-electron chi connectivity index (χ0n) is 23.4. The van der Waals surface area contributed by atoms with Crippen LogP contribution < -0.4 is 4.74 Å². The maximum atomic E-state index is 12.4. The molecule has 5 rings (SSSR count). The molecule has 0 aliphatic carbocycles. The van der Waals surface area contributed by atoms with E-state index < -0.39 is 0 Å². The number of methoxy groups -OCH3 is 1. The molecular formula is C31H33ClN4O4. The van der Waals surface area contributed by atoms with Gasteiger partial charge in [0.05, 0.1) is 37.5 Å². The average molecular weight is 561 g/mol. The number of nitriles is 1. The molecule has 1 saturated heterocycles. The number of furan rings is 1. The lowest BCUT2D eigenvalue weighted by Crippen LogP contribution is -2.48. The number of carbonyl (C=O) groups is 1. The molecule has 0 saturated carbocycles. The van der Waals surface area contributed by atoms with Gasteiger partial charge in [0.15, 0.2) is 5.58 Å². The Bertz CT molecular complexity index is 1580. The smallest absolute Gasteiger partial charge is 0.253 e. The Labute approximate surface area is 240 Å². The molecule has 40 heavy (non-hydrogen) atoms. The standard InChI is InChI=1S/C31H32N4O4.ClH/c1-31(2,35-12-14-38-15-13-35)25-9-7-20(16-22(25)19-32)23-10-11-33-26-18-28(39-29(23)26)24-8-6-21(17-27(24)37-5)30(36)34(3)4;/h6-11,16-18H,12-15H2,1-5H3;1H. The van der Waals surface area contributed by atoms with Crippen LogP contribution in [0.25, 0.3) is 33.6 Å². The summed E-state index contributed by atoms with van der Waals surface area (Å²) in [4.78, 5) is 20.8. The minimum atomic E-state index is -0.310. The summed E-state index contributed by atoms with van der Waals surface area (Å²) in [6, 6.07) is 17.5. The van der Waals surface area contributed by atoms with Crippen LogP contribution in [0, 0.1) is 11.3 Å². The minimum Gasteiger partial charge on any atom is -0.496 e. The van der Waals surface area contributed by atoms with Crippen molar-refractivity contribution in [3.05, 3.63) is 71.4 Å². The third-order valence-corrected chi connectivity index (χ3v) is 7.44. The molecule has 1 aliphatic heterocycles. The molecule has 1 aliphatic rings. The van der Waals surface area contributed by atoms with Crippen LogP contribution in [0.5, 0.6) is 5.75 Å². The highest BCUT2D eigenvalue weighted by Crippen LogP contribution is 2.39. The van der Waals surface area contributed by atoms with E-state index in [9.17, 15) is 10.1 Å². The van der Waals surface area contributed by atoms with Crippen LogP contribution in [0.3, 0.4) is 0 Å². The number of ether oxygens (including phenoxy) is 2. The largest absolute Gasteiger partial charge is 0.496 e. The monoisotopic (exact) mass is 560 g/mol. The zero-order chi connectivity index (χ0) is 27.7. The summed E-state index contributed by atoms with van der Waals surface area (Å²) < 4.78 is 17.5. The summed E-state index contributed by atoms with van der Waals surface area (Å²) in [5, 5.41) is 10.1. The molecule has 9 heteroatoms. The third-order valence-electron chi connectivity index (χ3n) is 7.44. The van der Waals surface area contributed by atoms with E-state index in [0.29, 0.717) is 47.0 Å². The highest BCUT2D eigenvalue weighted by molar-refractivity contribution is 5.96. The molecule has 0 unspecified atom stereocenters. The summed E-state index contributed by atoms with van der Waals surface area (Å²) in [6.45, 7) is 7.35. The number of hydrogen-bond acceptors (Lipinski definition) is 7. The second-order valence-electron chi connectivity index (χ2n) is 10.3. The predicted molar refractivity (Wildman–Crippen MR) is 157 cm³/mol. The van der Waals surface area contributed by atoms with Gasteiger partial charge in [-0.15, -0.1) is 12.4 Å². The molecule has 0 radical (unpaired) electrons. The van der Waals surface area contributed by atoms with Crippen molar-refractivity contribution in [3.8, 4) is 34.3 Å². The Morgan fingerprint density at radius 3 is 2.50 bits per heavy atom. The topological polar surface area (TPSA) is 91.8 Å². The van der Waals surface area contributed by atoms with Gasteiger partial charge in [0.1, 0.15) is 17.0 Å². The number of fused-ring (bicyclic) bond motifs is 1. The van der Waals surface area contributed by atoms with Crippen molar-refractivity contribution in [2.45, 2.75) is 19.4 Å². The van der Waals surface area contributed by atoms with Crippen molar-refractivity contribution >= 4 is 29.4 Å².